The Bertz CT molecular complexity index is 609. The van der Waals surface area contributed by atoms with E-state index in [4.69, 9.17) is 10.3 Å². The van der Waals surface area contributed by atoms with Gasteiger partial charge in [0.15, 0.2) is 5.03 Å². The van der Waals surface area contributed by atoms with Gasteiger partial charge in [0.2, 0.25) is 5.95 Å². The molecule has 0 aliphatic rings. The predicted octanol–water partition coefficient (Wildman–Crippen LogP) is 1.43. The van der Waals surface area contributed by atoms with Crippen LogP contribution >= 0.6 is 11.8 Å². The van der Waals surface area contributed by atoms with Gasteiger partial charge >= 0.3 is 5.69 Å². The fourth-order valence-corrected chi connectivity index (χ4v) is 2.08. The highest BCUT2D eigenvalue weighted by atomic mass is 32.2. The van der Waals surface area contributed by atoms with Gasteiger partial charge in [0.25, 0.3) is 5.22 Å². The molecule has 0 aromatic carbocycles. The van der Waals surface area contributed by atoms with Crippen molar-refractivity contribution >= 4 is 23.4 Å². The predicted molar refractivity (Wildman–Crippen MR) is 66.6 cm³/mol. The van der Waals surface area contributed by atoms with Crippen molar-refractivity contribution < 1.29 is 9.34 Å². The number of rotatable bonds is 4. The van der Waals surface area contributed by atoms with Crippen LogP contribution in [0.4, 0.5) is 11.6 Å². The molecule has 9 nitrogen and oxygen atoms in total. The zero-order chi connectivity index (χ0) is 14.0. The van der Waals surface area contributed by atoms with Gasteiger partial charge in [0, 0.05) is 0 Å². The van der Waals surface area contributed by atoms with Crippen LogP contribution in [-0.2, 0) is 0 Å². The zero-order valence-corrected chi connectivity index (χ0v) is 10.9. The van der Waals surface area contributed by atoms with Crippen molar-refractivity contribution in [1.29, 1.82) is 0 Å². The van der Waals surface area contributed by atoms with Crippen LogP contribution in [0.2, 0.25) is 0 Å². The van der Waals surface area contributed by atoms with Gasteiger partial charge in [0.1, 0.15) is 12.0 Å². The minimum Gasteiger partial charge on any atom is -0.436 e. The van der Waals surface area contributed by atoms with Gasteiger partial charge in [-0.2, -0.15) is 4.98 Å². The van der Waals surface area contributed by atoms with Crippen LogP contribution in [0, 0.1) is 24.0 Å². The zero-order valence-electron chi connectivity index (χ0n) is 10.1. The number of hydrogen-bond acceptors (Lipinski definition) is 9. The van der Waals surface area contributed by atoms with Crippen molar-refractivity contribution in [3.8, 4) is 0 Å². The minimum atomic E-state index is -0.578. The number of nitrogens with zero attached hydrogens (tertiary/aromatic N) is 4. The Balaban J connectivity index is 2.39. The van der Waals surface area contributed by atoms with Gasteiger partial charge in [0.05, 0.1) is 10.6 Å². The fourth-order valence-electron chi connectivity index (χ4n) is 1.20. The van der Waals surface area contributed by atoms with Crippen LogP contribution in [0.5, 0.6) is 0 Å². The highest BCUT2D eigenvalue weighted by Crippen LogP contribution is 2.33. The number of aryl methyl sites for hydroxylation is 2. The first-order chi connectivity index (χ1) is 9.01. The van der Waals surface area contributed by atoms with Crippen molar-refractivity contribution in [2.45, 2.75) is 24.1 Å². The number of anilines is 1. The number of nitrogens with two attached hydrogens (primary N) is 1. The molecule has 2 heterocycles. The normalized spacial score (nSPS) is 10.5. The van der Waals surface area contributed by atoms with Gasteiger partial charge in [-0.15, -0.1) is 0 Å². The monoisotopic (exact) mass is 282 g/mol. The smallest absolute Gasteiger partial charge is 0.320 e. The molecule has 0 unspecified atom stereocenters. The van der Waals surface area contributed by atoms with Crippen molar-refractivity contribution in [3.05, 3.63) is 27.8 Å². The summed E-state index contributed by atoms with van der Waals surface area (Å²) in [5.41, 5.74) is 2.71. The van der Waals surface area contributed by atoms with E-state index >= 15 is 0 Å². The first kappa shape index (κ1) is 13.2. The van der Waals surface area contributed by atoms with Crippen LogP contribution in [0.25, 0.3) is 0 Å². The van der Waals surface area contributed by atoms with E-state index in [1.165, 1.54) is 0 Å². The van der Waals surface area contributed by atoms with E-state index < -0.39 is 4.92 Å². The second-order valence-electron chi connectivity index (χ2n) is 3.51. The van der Waals surface area contributed by atoms with E-state index in [0.29, 0.717) is 5.76 Å². The molecule has 0 atom stereocenters. The van der Waals surface area contributed by atoms with Gasteiger partial charge in [-0.25, -0.2) is 15.8 Å². The fraction of sp³-hybridized carbons (Fsp3) is 0.222. The summed E-state index contributed by atoms with van der Waals surface area (Å²) in [6.07, 6.45) is 1.08. The lowest BCUT2D eigenvalue weighted by Gasteiger charge is -2.01. The van der Waals surface area contributed by atoms with Gasteiger partial charge < -0.3 is 4.42 Å². The average molecular weight is 282 g/mol. The molecular weight excluding hydrogens is 272 g/mol. The summed E-state index contributed by atoms with van der Waals surface area (Å²) in [7, 11) is 0. The number of nitro groups is 1. The molecule has 19 heavy (non-hydrogen) atoms. The number of nitrogens with one attached hydrogen (secondary N) is 1. The van der Waals surface area contributed by atoms with E-state index in [0.717, 1.165) is 23.7 Å². The summed E-state index contributed by atoms with van der Waals surface area (Å²) < 4.78 is 5.34. The maximum Gasteiger partial charge on any atom is 0.320 e. The van der Waals surface area contributed by atoms with Crippen LogP contribution < -0.4 is 11.3 Å². The molecule has 0 spiro atoms. The molecule has 0 aliphatic carbocycles. The van der Waals surface area contributed by atoms with Gasteiger partial charge in [-0.05, 0) is 25.6 Å². The number of hydrazine groups is 1. The molecule has 0 amide bonds. The molecule has 10 heteroatoms. The Hall–Kier alpha value is -2.20. The van der Waals surface area contributed by atoms with Crippen molar-refractivity contribution in [1.82, 2.24) is 15.0 Å². The van der Waals surface area contributed by atoms with Crippen LogP contribution in [0.3, 0.4) is 0 Å². The average Bonchev–Trinajstić information content (AvgIpc) is 2.67. The quantitative estimate of drug-likeness (QED) is 0.369. The van der Waals surface area contributed by atoms with E-state index in [9.17, 15) is 10.1 Å². The molecule has 0 radical (unpaired) electrons. The Morgan fingerprint density at radius 2 is 2.21 bits per heavy atom. The number of nitrogen functional groups attached to an aromatic ring is 1. The molecule has 0 aliphatic heterocycles. The topological polar surface area (TPSA) is 133 Å². The summed E-state index contributed by atoms with van der Waals surface area (Å²) in [6.45, 7) is 3.54. The maximum absolute atomic E-state index is 10.9. The molecule has 2 aromatic heterocycles. The number of hydrogen-bond donors (Lipinski definition) is 2. The number of oxazole rings is 1. The highest BCUT2D eigenvalue weighted by Gasteiger charge is 2.21. The van der Waals surface area contributed by atoms with Gasteiger partial charge in [-0.1, -0.05) is 0 Å². The third-order valence-electron chi connectivity index (χ3n) is 2.25. The molecular formula is C9H10N6O3S. The Morgan fingerprint density at radius 1 is 1.47 bits per heavy atom. The lowest BCUT2D eigenvalue weighted by Crippen LogP contribution is -2.11. The summed E-state index contributed by atoms with van der Waals surface area (Å²) in [6, 6.07) is 0. The second-order valence-corrected chi connectivity index (χ2v) is 4.45. The summed E-state index contributed by atoms with van der Waals surface area (Å²) in [5.74, 6) is 5.90. The van der Waals surface area contributed by atoms with E-state index in [-0.39, 0.29) is 21.9 Å². The van der Waals surface area contributed by atoms with Crippen molar-refractivity contribution in [3.63, 3.8) is 0 Å². The maximum atomic E-state index is 10.9. The van der Waals surface area contributed by atoms with Crippen LogP contribution in [0.1, 0.15) is 11.5 Å². The van der Waals surface area contributed by atoms with Crippen molar-refractivity contribution in [2.24, 2.45) is 5.84 Å². The molecule has 0 bridgehead atoms. The first-order valence-corrected chi connectivity index (χ1v) is 5.93. The van der Waals surface area contributed by atoms with E-state index in [2.05, 4.69) is 20.4 Å². The summed E-state index contributed by atoms with van der Waals surface area (Å²) in [5, 5.41) is 11.3. The highest BCUT2D eigenvalue weighted by molar-refractivity contribution is 7.99. The first-order valence-electron chi connectivity index (χ1n) is 5.11. The SMILES string of the molecule is Cc1nc(Sc2nc(NN)ncc2[N+](=O)[O-])oc1C. The lowest BCUT2D eigenvalue weighted by molar-refractivity contribution is -0.388. The minimum absolute atomic E-state index is 0.0769. The molecule has 100 valence electrons. The largest absolute Gasteiger partial charge is 0.436 e. The summed E-state index contributed by atoms with van der Waals surface area (Å²) >= 11 is 0.941. The van der Waals surface area contributed by atoms with Gasteiger partial charge in [-0.3, -0.25) is 15.5 Å². The third-order valence-corrected chi connectivity index (χ3v) is 3.10. The Morgan fingerprint density at radius 3 is 2.74 bits per heavy atom. The molecule has 2 aromatic rings. The Kier molecular flexibility index (Phi) is 3.62. The lowest BCUT2D eigenvalue weighted by atomic mass is 10.4. The third kappa shape index (κ3) is 2.80. The van der Waals surface area contributed by atoms with Crippen molar-refractivity contribution in [2.75, 3.05) is 5.43 Å². The molecule has 2 rings (SSSR count). The summed E-state index contributed by atoms with van der Waals surface area (Å²) in [4.78, 5) is 22.0. The number of aromatic nitrogens is 3. The molecule has 0 saturated carbocycles. The Labute approximate surface area is 111 Å². The second kappa shape index (κ2) is 5.20. The van der Waals surface area contributed by atoms with E-state index in [1.807, 2.05) is 0 Å². The molecule has 0 fully saturated rings. The molecule has 3 N–H and O–H groups in total. The molecule has 0 saturated heterocycles. The van der Waals surface area contributed by atoms with Crippen LogP contribution in [-0.4, -0.2) is 19.9 Å². The standard InChI is InChI=1S/C9H10N6O3S/c1-4-5(2)18-9(12-4)19-7-6(15(16)17)3-11-8(13-7)14-10/h3H,10H2,1-2H3,(H,11,13,14). The van der Waals surface area contributed by atoms with Crippen LogP contribution in [0.15, 0.2) is 20.9 Å². The van der Waals surface area contributed by atoms with E-state index in [1.54, 1.807) is 13.8 Å².